The molecule has 1 unspecified atom stereocenters. The number of rotatable bonds is 3. The number of piperazine rings is 1. The van der Waals surface area contributed by atoms with Gasteiger partial charge in [0.2, 0.25) is 0 Å². The number of amides is 1. The molecule has 1 aliphatic carbocycles. The van der Waals surface area contributed by atoms with Crippen molar-refractivity contribution in [2.45, 2.75) is 31.7 Å². The van der Waals surface area contributed by atoms with Crippen LogP contribution in [-0.4, -0.2) is 61.0 Å². The van der Waals surface area contributed by atoms with E-state index in [1.165, 1.54) is 24.0 Å². The molecule has 4 rings (SSSR count). The molecular weight excluding hydrogens is 298 g/mol. The highest BCUT2D eigenvalue weighted by Crippen LogP contribution is 2.28. The minimum atomic E-state index is 0.186. The summed E-state index contributed by atoms with van der Waals surface area (Å²) in [5.41, 5.74) is 3.50. The number of benzene rings is 1. The lowest BCUT2D eigenvalue weighted by Gasteiger charge is -2.34. The maximum absolute atomic E-state index is 12.7. The Labute approximate surface area is 144 Å². The van der Waals surface area contributed by atoms with E-state index in [9.17, 15) is 4.79 Å². The fourth-order valence-corrected chi connectivity index (χ4v) is 3.89. The second-order valence-electron chi connectivity index (χ2n) is 7.43. The first-order chi connectivity index (χ1) is 11.7. The Morgan fingerprint density at radius 2 is 1.79 bits per heavy atom. The Morgan fingerprint density at radius 3 is 2.42 bits per heavy atom. The van der Waals surface area contributed by atoms with E-state index < -0.39 is 0 Å². The normalized spacial score (nSPS) is 25.5. The molecule has 4 heteroatoms. The van der Waals surface area contributed by atoms with E-state index in [-0.39, 0.29) is 5.91 Å². The van der Waals surface area contributed by atoms with E-state index >= 15 is 0 Å². The molecule has 1 atom stereocenters. The molecule has 1 aromatic carbocycles. The van der Waals surface area contributed by atoms with E-state index in [4.69, 9.17) is 0 Å². The zero-order valence-electron chi connectivity index (χ0n) is 14.5. The third-order valence-corrected chi connectivity index (χ3v) is 5.50. The number of carbonyl (C=O) groups is 1. The molecule has 1 saturated carbocycles. The van der Waals surface area contributed by atoms with E-state index in [2.05, 4.69) is 35.3 Å². The number of hydrogen-bond donors (Lipinski definition) is 1. The summed E-state index contributed by atoms with van der Waals surface area (Å²) < 4.78 is 0. The van der Waals surface area contributed by atoms with Gasteiger partial charge in [-0.15, -0.1) is 0 Å². The van der Waals surface area contributed by atoms with Crippen LogP contribution in [0.1, 0.15) is 41.6 Å². The summed E-state index contributed by atoms with van der Waals surface area (Å²) >= 11 is 0. The van der Waals surface area contributed by atoms with Gasteiger partial charge in [0, 0.05) is 56.8 Å². The minimum Gasteiger partial charge on any atom is -0.336 e. The first kappa shape index (κ1) is 15.9. The lowest BCUT2D eigenvalue weighted by Crippen LogP contribution is -2.49. The summed E-state index contributed by atoms with van der Waals surface area (Å²) in [4.78, 5) is 17.3. The molecule has 0 radical (unpaired) electrons. The first-order valence-electron chi connectivity index (χ1n) is 9.22. The summed E-state index contributed by atoms with van der Waals surface area (Å²) in [6.45, 7) is 7.93. The van der Waals surface area contributed by atoms with E-state index in [1.54, 1.807) is 0 Å². The van der Waals surface area contributed by atoms with Crippen LogP contribution in [-0.2, 0) is 0 Å². The number of carbonyl (C=O) groups excluding carboxylic acids is 1. The van der Waals surface area contributed by atoms with Gasteiger partial charge in [0.25, 0.3) is 5.91 Å². The summed E-state index contributed by atoms with van der Waals surface area (Å²) in [7, 11) is 0. The van der Waals surface area contributed by atoms with Gasteiger partial charge in [-0.05, 0) is 37.5 Å². The predicted octanol–water partition coefficient (Wildman–Crippen LogP) is 2.24. The molecule has 1 amide bonds. The van der Waals surface area contributed by atoms with Gasteiger partial charge in [0.15, 0.2) is 0 Å². The lowest BCUT2D eigenvalue weighted by atomic mass is 9.93. The van der Waals surface area contributed by atoms with Crippen molar-refractivity contribution < 1.29 is 4.79 Å². The number of nitrogens with zero attached hydrogens (tertiary/aromatic N) is 2. The summed E-state index contributed by atoms with van der Waals surface area (Å²) in [6, 6.07) is 9.05. The summed E-state index contributed by atoms with van der Waals surface area (Å²) in [5.74, 6) is 0.607. The maximum Gasteiger partial charge on any atom is 0.253 e. The van der Waals surface area contributed by atoms with E-state index in [1.807, 2.05) is 17.0 Å². The largest absolute Gasteiger partial charge is 0.336 e. The van der Waals surface area contributed by atoms with Crippen molar-refractivity contribution in [3.8, 4) is 0 Å². The topological polar surface area (TPSA) is 35.6 Å². The third kappa shape index (κ3) is 3.40. The SMILES string of the molecule is CC1=CC(c2ccc(C(=O)N3CCN(C4CC4)CC3)cc2)CNC1. The fourth-order valence-electron chi connectivity index (χ4n) is 3.89. The van der Waals surface area contributed by atoms with Crippen LogP contribution in [0.2, 0.25) is 0 Å². The van der Waals surface area contributed by atoms with Crippen LogP contribution >= 0.6 is 0 Å². The van der Waals surface area contributed by atoms with Crippen molar-refractivity contribution in [1.29, 1.82) is 0 Å². The monoisotopic (exact) mass is 325 g/mol. The highest BCUT2D eigenvalue weighted by molar-refractivity contribution is 5.94. The Balaban J connectivity index is 1.39. The van der Waals surface area contributed by atoms with Crippen molar-refractivity contribution in [2.75, 3.05) is 39.3 Å². The Morgan fingerprint density at radius 1 is 1.08 bits per heavy atom. The second-order valence-corrected chi connectivity index (χ2v) is 7.43. The molecular formula is C20H27N3O. The molecule has 1 N–H and O–H groups in total. The van der Waals surface area contributed by atoms with Gasteiger partial charge in [-0.3, -0.25) is 9.69 Å². The molecule has 0 spiro atoms. The Kier molecular flexibility index (Phi) is 4.42. The van der Waals surface area contributed by atoms with Crippen LogP contribution in [0.15, 0.2) is 35.9 Å². The molecule has 128 valence electrons. The van der Waals surface area contributed by atoms with Crippen molar-refractivity contribution in [3.05, 3.63) is 47.0 Å². The van der Waals surface area contributed by atoms with Gasteiger partial charge < -0.3 is 10.2 Å². The van der Waals surface area contributed by atoms with Gasteiger partial charge in [0.1, 0.15) is 0 Å². The highest BCUT2D eigenvalue weighted by Gasteiger charge is 2.32. The molecule has 2 heterocycles. The Hall–Kier alpha value is -1.65. The molecule has 2 fully saturated rings. The summed E-state index contributed by atoms with van der Waals surface area (Å²) in [6.07, 6.45) is 5.03. The molecule has 0 aromatic heterocycles. The first-order valence-corrected chi connectivity index (χ1v) is 9.22. The smallest absolute Gasteiger partial charge is 0.253 e. The number of nitrogens with one attached hydrogen (secondary N) is 1. The van der Waals surface area contributed by atoms with Gasteiger partial charge in [0.05, 0.1) is 0 Å². The maximum atomic E-state index is 12.7. The van der Waals surface area contributed by atoms with Crippen LogP contribution in [0.5, 0.6) is 0 Å². The van der Waals surface area contributed by atoms with Crippen molar-refractivity contribution in [1.82, 2.24) is 15.1 Å². The van der Waals surface area contributed by atoms with Gasteiger partial charge >= 0.3 is 0 Å². The Bertz CT molecular complexity index is 625. The molecule has 4 nitrogen and oxygen atoms in total. The number of hydrogen-bond acceptors (Lipinski definition) is 3. The third-order valence-electron chi connectivity index (χ3n) is 5.50. The summed E-state index contributed by atoms with van der Waals surface area (Å²) in [5, 5.41) is 3.44. The van der Waals surface area contributed by atoms with Gasteiger partial charge in [-0.1, -0.05) is 23.8 Å². The van der Waals surface area contributed by atoms with Gasteiger partial charge in [-0.25, -0.2) is 0 Å². The van der Waals surface area contributed by atoms with Crippen molar-refractivity contribution in [3.63, 3.8) is 0 Å². The molecule has 0 bridgehead atoms. The predicted molar refractivity (Wildman–Crippen MR) is 96.3 cm³/mol. The molecule has 1 aromatic rings. The van der Waals surface area contributed by atoms with Crippen LogP contribution in [0.25, 0.3) is 0 Å². The van der Waals surface area contributed by atoms with Crippen LogP contribution in [0, 0.1) is 0 Å². The quantitative estimate of drug-likeness (QED) is 0.866. The van der Waals surface area contributed by atoms with Crippen LogP contribution in [0.3, 0.4) is 0 Å². The molecule has 2 aliphatic heterocycles. The van der Waals surface area contributed by atoms with Crippen molar-refractivity contribution in [2.24, 2.45) is 0 Å². The van der Waals surface area contributed by atoms with E-state index in [0.29, 0.717) is 5.92 Å². The fraction of sp³-hybridized carbons (Fsp3) is 0.550. The van der Waals surface area contributed by atoms with Gasteiger partial charge in [-0.2, -0.15) is 0 Å². The highest BCUT2D eigenvalue weighted by atomic mass is 16.2. The average Bonchev–Trinajstić information content (AvgIpc) is 3.47. The minimum absolute atomic E-state index is 0.186. The average molecular weight is 325 g/mol. The van der Waals surface area contributed by atoms with Crippen LogP contribution < -0.4 is 5.32 Å². The zero-order valence-corrected chi connectivity index (χ0v) is 14.5. The van der Waals surface area contributed by atoms with Crippen molar-refractivity contribution >= 4 is 5.91 Å². The molecule has 1 saturated heterocycles. The van der Waals surface area contributed by atoms with Crippen LogP contribution in [0.4, 0.5) is 0 Å². The van der Waals surface area contributed by atoms with E-state index in [0.717, 1.165) is 50.9 Å². The second kappa shape index (κ2) is 6.69. The zero-order chi connectivity index (χ0) is 16.5. The standard InChI is InChI=1S/C20H27N3O/c1-15-12-18(14-21-13-15)16-2-4-17(5-3-16)20(24)23-10-8-22(9-11-23)19-6-7-19/h2-5,12,18-19,21H,6-11,13-14H2,1H3. The molecule has 3 aliphatic rings. The lowest BCUT2D eigenvalue weighted by molar-refractivity contribution is 0.0627. The molecule has 24 heavy (non-hydrogen) atoms.